The van der Waals surface area contributed by atoms with E-state index in [9.17, 15) is 0 Å². The van der Waals surface area contributed by atoms with Gasteiger partial charge in [0.05, 0.1) is 13.7 Å². The Labute approximate surface area is 83.8 Å². The fraction of sp³-hybridized carbons (Fsp3) is 0.455. The second-order valence-electron chi connectivity index (χ2n) is 3.53. The lowest BCUT2D eigenvalue weighted by molar-refractivity contribution is -0.146. The molecule has 0 aromatic heterocycles. The molecule has 1 atom stereocenters. The van der Waals surface area contributed by atoms with Crippen LogP contribution < -0.4 is 10.5 Å². The second kappa shape index (κ2) is 3.59. The van der Waals surface area contributed by atoms with Crippen molar-refractivity contribution < 1.29 is 9.47 Å². The van der Waals surface area contributed by atoms with Crippen LogP contribution in [0.4, 0.5) is 0 Å². The molecule has 0 aliphatic carbocycles. The third kappa shape index (κ3) is 1.38. The smallest absolute Gasteiger partial charge is 0.119 e. The van der Waals surface area contributed by atoms with Gasteiger partial charge in [-0.2, -0.15) is 0 Å². The number of nitrogens with two attached hydrogens (primary N) is 1. The standard InChI is InChI=1S/C11H15NO2/c1-13-10-4-2-3-9(7-10)11(8-12)5-6-14-11/h2-4,7H,5-6,8,12H2,1H3. The molecule has 1 fully saturated rings. The van der Waals surface area contributed by atoms with E-state index >= 15 is 0 Å². The Bertz CT molecular complexity index is 315. The summed E-state index contributed by atoms with van der Waals surface area (Å²) < 4.78 is 10.7. The van der Waals surface area contributed by atoms with Crippen LogP contribution in [0.15, 0.2) is 24.3 Å². The third-order valence-corrected chi connectivity index (χ3v) is 2.81. The van der Waals surface area contributed by atoms with Gasteiger partial charge in [-0.1, -0.05) is 12.1 Å². The fourth-order valence-electron chi connectivity index (χ4n) is 1.76. The molecule has 3 nitrogen and oxygen atoms in total. The van der Waals surface area contributed by atoms with Gasteiger partial charge in [0.15, 0.2) is 0 Å². The molecule has 0 bridgehead atoms. The van der Waals surface area contributed by atoms with Gasteiger partial charge in [0, 0.05) is 13.0 Å². The number of methoxy groups -OCH3 is 1. The molecule has 1 aromatic rings. The van der Waals surface area contributed by atoms with Crippen LogP contribution in [-0.2, 0) is 10.3 Å². The number of ether oxygens (including phenoxy) is 2. The highest BCUT2D eigenvalue weighted by molar-refractivity contribution is 5.33. The highest BCUT2D eigenvalue weighted by Gasteiger charge is 2.38. The van der Waals surface area contributed by atoms with E-state index in [0.717, 1.165) is 24.3 Å². The lowest BCUT2D eigenvalue weighted by atomic mass is 9.86. The topological polar surface area (TPSA) is 44.5 Å². The van der Waals surface area contributed by atoms with Crippen LogP contribution in [-0.4, -0.2) is 20.3 Å². The van der Waals surface area contributed by atoms with Crippen LogP contribution in [0.5, 0.6) is 5.75 Å². The number of benzene rings is 1. The number of hydrogen-bond acceptors (Lipinski definition) is 3. The summed E-state index contributed by atoms with van der Waals surface area (Å²) in [5, 5.41) is 0. The summed E-state index contributed by atoms with van der Waals surface area (Å²) in [5.41, 5.74) is 6.59. The highest BCUT2D eigenvalue weighted by Crippen LogP contribution is 2.37. The zero-order chi connectivity index (χ0) is 10.0. The maximum Gasteiger partial charge on any atom is 0.119 e. The van der Waals surface area contributed by atoms with E-state index in [0.29, 0.717) is 6.54 Å². The molecule has 2 rings (SSSR count). The molecule has 0 saturated carbocycles. The van der Waals surface area contributed by atoms with Gasteiger partial charge in [0.2, 0.25) is 0 Å². The molecule has 1 heterocycles. The van der Waals surface area contributed by atoms with Crippen molar-refractivity contribution in [1.29, 1.82) is 0 Å². The average molecular weight is 193 g/mol. The molecule has 1 aliphatic rings. The highest BCUT2D eigenvalue weighted by atomic mass is 16.5. The zero-order valence-corrected chi connectivity index (χ0v) is 8.32. The van der Waals surface area contributed by atoms with Crippen molar-refractivity contribution in [3.63, 3.8) is 0 Å². The molecule has 1 unspecified atom stereocenters. The van der Waals surface area contributed by atoms with Crippen LogP contribution in [0, 0.1) is 0 Å². The molecule has 76 valence electrons. The molecule has 0 radical (unpaired) electrons. The molecule has 1 aromatic carbocycles. The van der Waals surface area contributed by atoms with E-state index in [2.05, 4.69) is 0 Å². The van der Waals surface area contributed by atoms with E-state index in [1.54, 1.807) is 7.11 Å². The van der Waals surface area contributed by atoms with E-state index in [4.69, 9.17) is 15.2 Å². The van der Waals surface area contributed by atoms with Crippen LogP contribution >= 0.6 is 0 Å². The summed E-state index contributed by atoms with van der Waals surface area (Å²) in [6, 6.07) is 7.92. The van der Waals surface area contributed by atoms with Crippen molar-refractivity contribution >= 4 is 0 Å². The van der Waals surface area contributed by atoms with Gasteiger partial charge in [-0.05, 0) is 17.7 Å². The summed E-state index contributed by atoms with van der Waals surface area (Å²) in [6.45, 7) is 1.33. The molecule has 1 aliphatic heterocycles. The first-order valence-electron chi connectivity index (χ1n) is 4.79. The van der Waals surface area contributed by atoms with Gasteiger partial charge < -0.3 is 15.2 Å². The van der Waals surface area contributed by atoms with E-state index in [1.165, 1.54) is 0 Å². The van der Waals surface area contributed by atoms with Crippen molar-refractivity contribution in [3.05, 3.63) is 29.8 Å². The van der Waals surface area contributed by atoms with Crippen LogP contribution in [0.1, 0.15) is 12.0 Å². The normalized spacial score (nSPS) is 25.6. The van der Waals surface area contributed by atoms with Crippen LogP contribution in [0.3, 0.4) is 0 Å². The lowest BCUT2D eigenvalue weighted by Gasteiger charge is -2.41. The van der Waals surface area contributed by atoms with Gasteiger partial charge >= 0.3 is 0 Å². The van der Waals surface area contributed by atoms with E-state index < -0.39 is 0 Å². The van der Waals surface area contributed by atoms with Crippen molar-refractivity contribution in [2.24, 2.45) is 5.73 Å². The van der Waals surface area contributed by atoms with Gasteiger partial charge in [0.25, 0.3) is 0 Å². The SMILES string of the molecule is COc1cccc(C2(CN)CCO2)c1. The molecule has 14 heavy (non-hydrogen) atoms. The molecular weight excluding hydrogens is 178 g/mol. The Kier molecular flexibility index (Phi) is 2.44. The summed E-state index contributed by atoms with van der Waals surface area (Å²) in [4.78, 5) is 0. The minimum Gasteiger partial charge on any atom is -0.497 e. The summed E-state index contributed by atoms with van der Waals surface area (Å²) in [7, 11) is 1.66. The Balaban J connectivity index is 2.30. The van der Waals surface area contributed by atoms with Gasteiger partial charge in [-0.15, -0.1) is 0 Å². The molecule has 0 amide bonds. The number of rotatable bonds is 3. The van der Waals surface area contributed by atoms with Crippen LogP contribution in [0.25, 0.3) is 0 Å². The Hall–Kier alpha value is -1.06. The largest absolute Gasteiger partial charge is 0.497 e. The third-order valence-electron chi connectivity index (χ3n) is 2.81. The summed E-state index contributed by atoms with van der Waals surface area (Å²) >= 11 is 0. The summed E-state index contributed by atoms with van der Waals surface area (Å²) in [5.74, 6) is 0.853. The molecule has 0 spiro atoms. The van der Waals surface area contributed by atoms with Gasteiger partial charge in [-0.3, -0.25) is 0 Å². The predicted octanol–water partition coefficient (Wildman–Crippen LogP) is 1.27. The van der Waals surface area contributed by atoms with Crippen molar-refractivity contribution in [3.8, 4) is 5.75 Å². The quantitative estimate of drug-likeness (QED) is 0.786. The molecule has 1 saturated heterocycles. The van der Waals surface area contributed by atoms with Crippen molar-refractivity contribution in [1.82, 2.24) is 0 Å². The first-order valence-corrected chi connectivity index (χ1v) is 4.79. The Morgan fingerprint density at radius 1 is 1.57 bits per heavy atom. The van der Waals surface area contributed by atoms with Gasteiger partial charge in [-0.25, -0.2) is 0 Å². The maximum atomic E-state index is 5.73. The minimum absolute atomic E-state index is 0.255. The van der Waals surface area contributed by atoms with E-state index in [-0.39, 0.29) is 5.60 Å². The maximum absolute atomic E-state index is 5.73. The molecule has 2 N–H and O–H groups in total. The lowest BCUT2D eigenvalue weighted by Crippen LogP contribution is -2.46. The molecular formula is C11H15NO2. The first kappa shape index (κ1) is 9.49. The predicted molar refractivity (Wildman–Crippen MR) is 54.3 cm³/mol. The van der Waals surface area contributed by atoms with E-state index in [1.807, 2.05) is 24.3 Å². The van der Waals surface area contributed by atoms with Crippen LogP contribution in [0.2, 0.25) is 0 Å². The van der Waals surface area contributed by atoms with Gasteiger partial charge in [0.1, 0.15) is 11.4 Å². The number of hydrogen-bond donors (Lipinski definition) is 1. The first-order chi connectivity index (χ1) is 6.80. The zero-order valence-electron chi connectivity index (χ0n) is 8.32. The Morgan fingerprint density at radius 3 is 2.86 bits per heavy atom. The summed E-state index contributed by atoms with van der Waals surface area (Å²) in [6.07, 6.45) is 0.997. The minimum atomic E-state index is -0.255. The average Bonchev–Trinajstić information content (AvgIpc) is 2.18. The van der Waals surface area contributed by atoms with Crippen molar-refractivity contribution in [2.45, 2.75) is 12.0 Å². The fourth-order valence-corrected chi connectivity index (χ4v) is 1.76. The molecule has 3 heteroatoms. The van der Waals surface area contributed by atoms with Crippen molar-refractivity contribution in [2.75, 3.05) is 20.3 Å². The Morgan fingerprint density at radius 2 is 2.36 bits per heavy atom. The monoisotopic (exact) mass is 193 g/mol. The second-order valence-corrected chi connectivity index (χ2v) is 3.53.